The molecule has 404 valence electrons. The number of anilines is 3. The van der Waals surface area contributed by atoms with Gasteiger partial charge in [0.2, 0.25) is 0 Å². The van der Waals surface area contributed by atoms with Crippen molar-refractivity contribution in [2.75, 3.05) is 4.90 Å². The van der Waals surface area contributed by atoms with Crippen LogP contribution in [0.2, 0.25) is 0 Å². The Morgan fingerprint density at radius 1 is 0.293 bits per heavy atom. The van der Waals surface area contributed by atoms with Crippen molar-refractivity contribution in [1.82, 2.24) is 4.57 Å². The zero-order valence-electron chi connectivity index (χ0n) is 49.8. The average Bonchev–Trinajstić information content (AvgIpc) is 3.30. The smallest absolute Gasteiger partial charge is 0.0618 e. The summed E-state index contributed by atoms with van der Waals surface area (Å²) in [5.41, 5.74) is 21.8. The summed E-state index contributed by atoms with van der Waals surface area (Å²) in [6.07, 6.45) is 0. The number of nitrogens with zero attached hydrogens (tertiary/aromatic N) is 2. The monoisotopic (exact) mass is 1060 g/mol. The van der Waals surface area contributed by atoms with Gasteiger partial charge in [-0.15, -0.1) is 0 Å². The number of para-hydroxylation sites is 1. The van der Waals surface area contributed by atoms with Crippen molar-refractivity contribution in [2.45, 2.75) is 105 Å². The molecule has 0 bridgehead atoms. The number of hydrogen-bond acceptors (Lipinski definition) is 1. The van der Waals surface area contributed by atoms with Crippen LogP contribution in [0.3, 0.4) is 0 Å². The lowest BCUT2D eigenvalue weighted by Crippen LogP contribution is -2.16. The van der Waals surface area contributed by atoms with Crippen LogP contribution in [0.25, 0.3) is 104 Å². The summed E-state index contributed by atoms with van der Waals surface area (Å²) >= 11 is 0. The highest BCUT2D eigenvalue weighted by molar-refractivity contribution is 6.28. The van der Waals surface area contributed by atoms with Gasteiger partial charge in [-0.3, -0.25) is 0 Å². The summed E-state index contributed by atoms with van der Waals surface area (Å²) in [5, 5.41) is 10.00. The standard InChI is InChI=1S/C80H74N2/c1-77(2,3)57-37-43-72-68(49-57)69-50-58(78(4,5)6)38-44-73(69)82(72)71-42-36-54-33-39-66-70(41-35-53-34-40-67(71)75(54)74(53)66)81(76-64(51-23-15-13-16-24-51)31-22-32-65(76)52-25-17-14-18-26-52)61-28-21-27-55(47-61)62-29-19-20-30-63(62)56-45-59(79(7,8)9)48-60(46-56)80(10,11)12/h13-50H,1-12H3. The van der Waals surface area contributed by atoms with Crippen LogP contribution in [0.1, 0.15) is 105 Å². The minimum absolute atomic E-state index is 0.00717. The van der Waals surface area contributed by atoms with Crippen LogP contribution >= 0.6 is 0 Å². The molecule has 13 rings (SSSR count). The Morgan fingerprint density at radius 3 is 1.27 bits per heavy atom. The molecule has 13 aromatic rings. The molecule has 1 aromatic heterocycles. The minimum Gasteiger partial charge on any atom is -0.309 e. The maximum absolute atomic E-state index is 2.58. The molecule has 0 amide bonds. The summed E-state index contributed by atoms with van der Waals surface area (Å²) in [4.78, 5) is 2.58. The number of aromatic nitrogens is 1. The number of rotatable bonds is 8. The fraction of sp³-hybridized carbons (Fsp3) is 0.200. The van der Waals surface area contributed by atoms with E-state index in [1.54, 1.807) is 0 Å². The zero-order chi connectivity index (χ0) is 57.0. The van der Waals surface area contributed by atoms with Gasteiger partial charge in [-0.1, -0.05) is 265 Å². The Labute approximate surface area is 485 Å². The largest absolute Gasteiger partial charge is 0.309 e. The molecule has 0 saturated carbocycles. The summed E-state index contributed by atoms with van der Waals surface area (Å²) < 4.78 is 2.54. The first kappa shape index (κ1) is 52.6. The first-order valence-corrected chi connectivity index (χ1v) is 29.4. The van der Waals surface area contributed by atoms with Crippen LogP contribution in [0, 0.1) is 0 Å². The highest BCUT2D eigenvalue weighted by Crippen LogP contribution is 2.52. The molecular formula is C80H74N2. The molecule has 2 nitrogen and oxygen atoms in total. The molecule has 0 N–H and O–H groups in total. The molecule has 0 radical (unpaired) electrons. The molecule has 0 atom stereocenters. The average molecular weight is 1060 g/mol. The zero-order valence-corrected chi connectivity index (χ0v) is 49.8. The van der Waals surface area contributed by atoms with Crippen molar-refractivity contribution < 1.29 is 0 Å². The molecule has 0 aliphatic heterocycles. The van der Waals surface area contributed by atoms with Gasteiger partial charge in [-0.05, 0) is 147 Å². The molecule has 0 unspecified atom stereocenters. The van der Waals surface area contributed by atoms with Gasteiger partial charge >= 0.3 is 0 Å². The summed E-state index contributed by atoms with van der Waals surface area (Å²) in [5.74, 6) is 0. The summed E-state index contributed by atoms with van der Waals surface area (Å²) in [6, 6.07) is 87.6. The third-order valence-electron chi connectivity index (χ3n) is 17.3. The van der Waals surface area contributed by atoms with Crippen LogP contribution in [0.15, 0.2) is 231 Å². The molecule has 0 aliphatic carbocycles. The topological polar surface area (TPSA) is 8.17 Å². The second-order valence-corrected chi connectivity index (χ2v) is 27.1. The summed E-state index contributed by atoms with van der Waals surface area (Å²) in [7, 11) is 0. The van der Waals surface area contributed by atoms with Gasteiger partial charge in [0.25, 0.3) is 0 Å². The van der Waals surface area contributed by atoms with Crippen molar-refractivity contribution in [3.8, 4) is 50.2 Å². The Bertz CT molecular complexity index is 4420. The van der Waals surface area contributed by atoms with Gasteiger partial charge in [-0.2, -0.15) is 0 Å². The number of hydrogen-bond donors (Lipinski definition) is 0. The van der Waals surface area contributed by atoms with E-state index in [4.69, 9.17) is 0 Å². The second kappa shape index (κ2) is 19.5. The van der Waals surface area contributed by atoms with Crippen molar-refractivity contribution in [3.63, 3.8) is 0 Å². The van der Waals surface area contributed by atoms with Crippen molar-refractivity contribution in [3.05, 3.63) is 253 Å². The Morgan fingerprint density at radius 2 is 0.732 bits per heavy atom. The van der Waals surface area contributed by atoms with E-state index in [0.717, 1.165) is 44.9 Å². The maximum Gasteiger partial charge on any atom is 0.0618 e. The normalized spacial score (nSPS) is 12.6. The maximum atomic E-state index is 2.58. The fourth-order valence-electron chi connectivity index (χ4n) is 12.7. The SMILES string of the molecule is CC(C)(C)c1cc(-c2ccccc2-c2cccc(N(c3c(-c4ccccc4)cccc3-c3ccccc3)c3ccc4ccc5c(-n6c7ccc(C(C)(C)C)cc7c7cc(C(C)(C)C)ccc76)ccc6ccc3c4c65)c2)cc(C(C)(C)C)c1. The predicted octanol–water partition coefficient (Wildman–Crippen LogP) is 23.0. The van der Waals surface area contributed by atoms with E-state index >= 15 is 0 Å². The Balaban J connectivity index is 1.09. The predicted molar refractivity (Wildman–Crippen MR) is 356 cm³/mol. The van der Waals surface area contributed by atoms with Crippen molar-refractivity contribution in [1.29, 1.82) is 0 Å². The van der Waals surface area contributed by atoms with E-state index in [1.807, 2.05) is 0 Å². The van der Waals surface area contributed by atoms with E-state index in [1.165, 1.54) is 98.8 Å². The van der Waals surface area contributed by atoms with Gasteiger partial charge < -0.3 is 9.47 Å². The highest BCUT2D eigenvalue weighted by atomic mass is 15.1. The van der Waals surface area contributed by atoms with Gasteiger partial charge in [-0.25, -0.2) is 0 Å². The molecular weight excluding hydrogens is 989 g/mol. The van der Waals surface area contributed by atoms with Gasteiger partial charge in [0, 0.05) is 38.4 Å². The van der Waals surface area contributed by atoms with Crippen molar-refractivity contribution in [2.24, 2.45) is 0 Å². The van der Waals surface area contributed by atoms with E-state index < -0.39 is 0 Å². The first-order valence-electron chi connectivity index (χ1n) is 29.4. The quantitative estimate of drug-likeness (QED) is 0.138. The molecule has 0 aliphatic rings. The molecule has 82 heavy (non-hydrogen) atoms. The highest BCUT2D eigenvalue weighted by Gasteiger charge is 2.28. The second-order valence-electron chi connectivity index (χ2n) is 27.1. The lowest BCUT2D eigenvalue weighted by Gasteiger charge is -2.32. The molecule has 0 fully saturated rings. The molecule has 0 spiro atoms. The molecule has 0 saturated heterocycles. The lowest BCUT2D eigenvalue weighted by molar-refractivity contribution is 0.569. The van der Waals surface area contributed by atoms with Gasteiger partial charge in [0.15, 0.2) is 0 Å². The third-order valence-corrected chi connectivity index (χ3v) is 17.3. The van der Waals surface area contributed by atoms with E-state index in [9.17, 15) is 0 Å². The Kier molecular flexibility index (Phi) is 12.5. The fourth-order valence-corrected chi connectivity index (χ4v) is 12.7. The first-order chi connectivity index (χ1) is 39.2. The number of fused-ring (bicyclic) bond motifs is 3. The number of benzene rings is 12. The Hall–Kier alpha value is -8.72. The third kappa shape index (κ3) is 9.14. The van der Waals surface area contributed by atoms with Crippen LogP contribution in [0.5, 0.6) is 0 Å². The minimum atomic E-state index is -0.0196. The van der Waals surface area contributed by atoms with Gasteiger partial charge in [0.05, 0.1) is 28.1 Å². The van der Waals surface area contributed by atoms with Crippen LogP contribution in [0.4, 0.5) is 17.1 Å². The van der Waals surface area contributed by atoms with Crippen LogP contribution in [-0.4, -0.2) is 4.57 Å². The van der Waals surface area contributed by atoms with Crippen LogP contribution in [-0.2, 0) is 21.7 Å². The van der Waals surface area contributed by atoms with Crippen molar-refractivity contribution >= 4 is 71.2 Å². The summed E-state index contributed by atoms with van der Waals surface area (Å²) in [6.45, 7) is 27.9. The molecule has 2 heteroatoms. The van der Waals surface area contributed by atoms with Crippen LogP contribution < -0.4 is 4.90 Å². The molecule has 1 heterocycles. The van der Waals surface area contributed by atoms with E-state index in [2.05, 4.69) is 323 Å². The van der Waals surface area contributed by atoms with E-state index in [0.29, 0.717) is 0 Å². The van der Waals surface area contributed by atoms with Gasteiger partial charge in [0.1, 0.15) is 0 Å². The van der Waals surface area contributed by atoms with E-state index in [-0.39, 0.29) is 21.7 Å². The molecule has 12 aromatic carbocycles. The lowest BCUT2D eigenvalue weighted by atomic mass is 9.78.